The third-order valence-corrected chi connectivity index (χ3v) is 5.67. The van der Waals surface area contributed by atoms with Crippen LogP contribution in [0.4, 0.5) is 5.69 Å². The van der Waals surface area contributed by atoms with Crippen molar-refractivity contribution in [1.29, 1.82) is 0 Å². The van der Waals surface area contributed by atoms with Crippen LogP contribution in [-0.4, -0.2) is 26.7 Å². The van der Waals surface area contributed by atoms with Crippen molar-refractivity contribution < 1.29 is 4.79 Å². The predicted molar refractivity (Wildman–Crippen MR) is 121 cm³/mol. The fraction of sp³-hybridized carbons (Fsp3) is 0.273. The number of amides is 1. The number of thioether (sulfide) groups is 1. The monoisotopic (exact) mass is 442 g/mol. The molecular weight excluding hydrogens is 420 g/mol. The molecule has 156 valence electrons. The molecular formula is C22H23ClN4O2S. The molecule has 3 aromatic rings. The Morgan fingerprint density at radius 1 is 1.13 bits per heavy atom. The van der Waals surface area contributed by atoms with Gasteiger partial charge in [0.25, 0.3) is 5.56 Å². The molecule has 0 radical (unpaired) electrons. The number of rotatable bonds is 7. The minimum absolute atomic E-state index is 0.134. The number of aryl methyl sites for hydroxylation is 2. The lowest BCUT2D eigenvalue weighted by molar-refractivity contribution is -0.116. The smallest absolute Gasteiger partial charge is 0.250 e. The molecule has 0 aliphatic carbocycles. The van der Waals surface area contributed by atoms with Crippen molar-refractivity contribution >= 4 is 35.0 Å². The lowest BCUT2D eigenvalue weighted by atomic mass is 10.1. The summed E-state index contributed by atoms with van der Waals surface area (Å²) in [6.45, 7) is 4.21. The predicted octanol–water partition coefficient (Wildman–Crippen LogP) is 4.25. The molecule has 2 heterocycles. The molecule has 0 spiro atoms. The van der Waals surface area contributed by atoms with E-state index in [9.17, 15) is 9.59 Å². The quantitative estimate of drug-likeness (QED) is 0.437. The van der Waals surface area contributed by atoms with Gasteiger partial charge in [-0.2, -0.15) is 0 Å². The molecule has 6 nitrogen and oxygen atoms in total. The molecule has 2 aromatic heterocycles. The largest absolute Gasteiger partial charge is 0.325 e. The van der Waals surface area contributed by atoms with Crippen LogP contribution in [0.2, 0.25) is 5.02 Å². The summed E-state index contributed by atoms with van der Waals surface area (Å²) < 4.78 is 1.53. The number of anilines is 1. The molecule has 0 fully saturated rings. The second-order valence-corrected chi connectivity index (χ2v) is 8.06. The van der Waals surface area contributed by atoms with Crippen molar-refractivity contribution in [2.75, 3.05) is 11.6 Å². The Bertz CT molecular complexity index is 1110. The Morgan fingerprint density at radius 3 is 2.50 bits per heavy atom. The fourth-order valence-electron chi connectivity index (χ4n) is 3.16. The van der Waals surface area contributed by atoms with Crippen molar-refractivity contribution in [3.05, 3.63) is 80.5 Å². The highest BCUT2D eigenvalue weighted by Gasteiger charge is 2.11. The molecule has 0 saturated carbocycles. The molecule has 0 atom stereocenters. The maximum Gasteiger partial charge on any atom is 0.250 e. The molecule has 0 aliphatic heterocycles. The Labute approximate surface area is 184 Å². The molecule has 0 aliphatic rings. The third-order valence-electron chi connectivity index (χ3n) is 4.75. The molecule has 1 amide bonds. The lowest BCUT2D eigenvalue weighted by Gasteiger charge is -2.12. The first-order valence-electron chi connectivity index (χ1n) is 9.49. The number of carbonyl (C=O) groups is 1. The summed E-state index contributed by atoms with van der Waals surface area (Å²) in [6.07, 6.45) is 4.42. The number of nitrogens with zero attached hydrogens (tertiary/aromatic N) is 3. The van der Waals surface area contributed by atoms with Crippen LogP contribution >= 0.6 is 23.4 Å². The summed E-state index contributed by atoms with van der Waals surface area (Å²) in [7, 11) is 0. The minimum atomic E-state index is -0.162. The highest BCUT2D eigenvalue weighted by Crippen LogP contribution is 2.18. The summed E-state index contributed by atoms with van der Waals surface area (Å²) in [5, 5.41) is 4.20. The van der Waals surface area contributed by atoms with Gasteiger partial charge in [0, 0.05) is 35.1 Å². The number of nitrogens with one attached hydrogen (secondary N) is 1. The van der Waals surface area contributed by atoms with E-state index in [1.165, 1.54) is 22.4 Å². The highest BCUT2D eigenvalue weighted by atomic mass is 35.5. The van der Waals surface area contributed by atoms with Gasteiger partial charge in [0.05, 0.1) is 12.2 Å². The topological polar surface area (TPSA) is 76.9 Å². The number of halogens is 1. The maximum absolute atomic E-state index is 12.5. The molecule has 30 heavy (non-hydrogen) atoms. The Hall–Kier alpha value is -2.64. The zero-order valence-electron chi connectivity index (χ0n) is 17.1. The number of carbonyl (C=O) groups excluding carboxylic acids is 1. The lowest BCUT2D eigenvalue weighted by Crippen LogP contribution is -2.21. The van der Waals surface area contributed by atoms with Crippen molar-refractivity contribution in [3.63, 3.8) is 0 Å². The van der Waals surface area contributed by atoms with Gasteiger partial charge in [-0.25, -0.2) is 9.97 Å². The number of hydrogen-bond acceptors (Lipinski definition) is 5. The summed E-state index contributed by atoms with van der Waals surface area (Å²) >= 11 is 7.70. The molecule has 1 N–H and O–H groups in total. The van der Waals surface area contributed by atoms with E-state index in [2.05, 4.69) is 15.3 Å². The fourth-order valence-corrected chi connectivity index (χ4v) is 3.81. The van der Waals surface area contributed by atoms with Gasteiger partial charge in [-0.1, -0.05) is 41.6 Å². The van der Waals surface area contributed by atoms with Gasteiger partial charge in [0.2, 0.25) is 5.91 Å². The molecule has 3 rings (SSSR count). The summed E-state index contributed by atoms with van der Waals surface area (Å²) in [5.41, 5.74) is 4.02. The molecule has 0 unspecified atom stereocenters. The molecule has 8 heteroatoms. The molecule has 1 aromatic carbocycles. The van der Waals surface area contributed by atoms with Crippen molar-refractivity contribution in [3.8, 4) is 0 Å². The first-order valence-corrected chi connectivity index (χ1v) is 11.1. The van der Waals surface area contributed by atoms with Crippen LogP contribution < -0.4 is 10.9 Å². The van der Waals surface area contributed by atoms with Gasteiger partial charge in [0.15, 0.2) is 5.16 Å². The van der Waals surface area contributed by atoms with Crippen LogP contribution in [-0.2, 0) is 17.8 Å². The van der Waals surface area contributed by atoms with Gasteiger partial charge in [-0.3, -0.25) is 9.59 Å². The van der Waals surface area contributed by atoms with E-state index < -0.39 is 0 Å². The number of hydrogen-bond donors (Lipinski definition) is 1. The van der Waals surface area contributed by atoms with Crippen LogP contribution in [0, 0.1) is 13.8 Å². The van der Waals surface area contributed by atoms with E-state index in [-0.39, 0.29) is 11.5 Å². The van der Waals surface area contributed by atoms with Gasteiger partial charge in [-0.15, -0.1) is 0 Å². The van der Waals surface area contributed by atoms with Crippen molar-refractivity contribution in [1.82, 2.24) is 14.5 Å². The van der Waals surface area contributed by atoms with Gasteiger partial charge in [0.1, 0.15) is 0 Å². The second kappa shape index (κ2) is 9.91. The third kappa shape index (κ3) is 5.49. The number of benzene rings is 1. The van der Waals surface area contributed by atoms with E-state index >= 15 is 0 Å². The van der Waals surface area contributed by atoms with Crippen LogP contribution in [0.25, 0.3) is 0 Å². The summed E-state index contributed by atoms with van der Waals surface area (Å²) in [4.78, 5) is 33.6. The average molecular weight is 443 g/mol. The Balaban J connectivity index is 1.67. The van der Waals surface area contributed by atoms with Crippen molar-refractivity contribution in [2.45, 2.75) is 38.4 Å². The van der Waals surface area contributed by atoms with Gasteiger partial charge in [-0.05, 0) is 49.8 Å². The summed E-state index contributed by atoms with van der Waals surface area (Å²) in [6, 6.07) is 10.4. The van der Waals surface area contributed by atoms with Crippen LogP contribution in [0.5, 0.6) is 0 Å². The van der Waals surface area contributed by atoms with E-state index in [0.29, 0.717) is 30.1 Å². The standard InChI is InChI=1S/C22H23ClN4O2S/c1-14-18(15(2)25-22(24-14)30-3)9-10-20(28)26-17-8-11-21(29)27(13-17)12-16-6-4-5-7-19(16)23/h4-8,11,13H,9-10,12H2,1-3H3,(H,26,28). The maximum atomic E-state index is 12.5. The average Bonchev–Trinajstić information content (AvgIpc) is 2.71. The Morgan fingerprint density at radius 2 is 1.83 bits per heavy atom. The SMILES string of the molecule is CSc1nc(C)c(CCC(=O)Nc2ccc(=O)n(Cc3ccccc3Cl)c2)c(C)n1. The van der Waals surface area contributed by atoms with Crippen LogP contribution in [0.3, 0.4) is 0 Å². The van der Waals surface area contributed by atoms with E-state index in [1.54, 1.807) is 18.3 Å². The van der Waals surface area contributed by atoms with Gasteiger partial charge >= 0.3 is 0 Å². The van der Waals surface area contributed by atoms with Crippen molar-refractivity contribution in [2.24, 2.45) is 0 Å². The summed E-state index contributed by atoms with van der Waals surface area (Å²) in [5.74, 6) is -0.134. The first-order chi connectivity index (χ1) is 14.4. The molecule has 0 bridgehead atoms. The number of pyridine rings is 1. The van der Waals surface area contributed by atoms with Gasteiger partial charge < -0.3 is 9.88 Å². The normalized spacial score (nSPS) is 10.8. The highest BCUT2D eigenvalue weighted by molar-refractivity contribution is 7.98. The second-order valence-electron chi connectivity index (χ2n) is 6.88. The first kappa shape index (κ1) is 22.1. The van der Waals surface area contributed by atoms with E-state index in [4.69, 9.17) is 11.6 Å². The van der Waals surface area contributed by atoms with Crippen LogP contribution in [0.1, 0.15) is 28.9 Å². The zero-order valence-corrected chi connectivity index (χ0v) is 18.7. The zero-order chi connectivity index (χ0) is 21.7. The molecule has 0 saturated heterocycles. The minimum Gasteiger partial charge on any atom is -0.325 e. The van der Waals surface area contributed by atoms with E-state index in [1.807, 2.05) is 38.3 Å². The van der Waals surface area contributed by atoms with E-state index in [0.717, 1.165) is 27.7 Å². The number of aromatic nitrogens is 3. The van der Waals surface area contributed by atoms with Crippen LogP contribution in [0.15, 0.2) is 52.5 Å². The Kier molecular flexibility index (Phi) is 7.29.